The Hall–Kier alpha value is -1.55. The number of amides is 1. The lowest BCUT2D eigenvalue weighted by Gasteiger charge is -2.15. The van der Waals surface area contributed by atoms with Gasteiger partial charge in [-0.15, -0.1) is 0 Å². The van der Waals surface area contributed by atoms with Crippen molar-refractivity contribution in [3.05, 3.63) is 30.1 Å². The molecule has 1 rings (SSSR count). The number of hydrogen-bond donors (Lipinski definition) is 3. The van der Waals surface area contributed by atoms with Crippen molar-refractivity contribution in [1.82, 2.24) is 15.4 Å². The standard InChI is InChI=1S/C14H22FN3O4S/c1-11(14(19)17-8-7-16-9-10-22-2)18-23(20,21)13-6-4-3-5-12(13)15/h3-6,11,16,18H,7-10H2,1-2H3,(H,17,19). The quantitative estimate of drug-likeness (QED) is 0.511. The summed E-state index contributed by atoms with van der Waals surface area (Å²) >= 11 is 0. The van der Waals surface area contributed by atoms with Crippen molar-refractivity contribution in [1.29, 1.82) is 0 Å². The second kappa shape index (κ2) is 9.56. The summed E-state index contributed by atoms with van der Waals surface area (Å²) in [6, 6.07) is 3.97. The largest absolute Gasteiger partial charge is 0.383 e. The molecular weight excluding hydrogens is 325 g/mol. The van der Waals surface area contributed by atoms with Crippen LogP contribution in [-0.4, -0.2) is 53.7 Å². The molecule has 0 fully saturated rings. The van der Waals surface area contributed by atoms with Crippen LogP contribution in [0.1, 0.15) is 6.92 Å². The van der Waals surface area contributed by atoms with Gasteiger partial charge in [-0.3, -0.25) is 4.79 Å². The van der Waals surface area contributed by atoms with E-state index in [1.165, 1.54) is 19.1 Å². The van der Waals surface area contributed by atoms with Crippen LogP contribution in [0, 0.1) is 5.82 Å². The number of ether oxygens (including phenoxy) is 1. The molecule has 0 saturated heterocycles. The molecular formula is C14H22FN3O4S. The molecule has 3 N–H and O–H groups in total. The van der Waals surface area contributed by atoms with Crippen LogP contribution < -0.4 is 15.4 Å². The molecule has 0 bridgehead atoms. The molecule has 1 aromatic rings. The van der Waals surface area contributed by atoms with Crippen molar-refractivity contribution >= 4 is 15.9 Å². The molecule has 7 nitrogen and oxygen atoms in total. The smallest absolute Gasteiger partial charge is 0.244 e. The zero-order valence-electron chi connectivity index (χ0n) is 13.1. The average Bonchev–Trinajstić information content (AvgIpc) is 2.50. The van der Waals surface area contributed by atoms with Crippen LogP contribution in [0.5, 0.6) is 0 Å². The van der Waals surface area contributed by atoms with Crippen LogP contribution >= 0.6 is 0 Å². The lowest BCUT2D eigenvalue weighted by Crippen LogP contribution is -2.46. The maximum Gasteiger partial charge on any atom is 0.244 e. The van der Waals surface area contributed by atoms with Gasteiger partial charge >= 0.3 is 0 Å². The normalized spacial score (nSPS) is 12.8. The van der Waals surface area contributed by atoms with Gasteiger partial charge in [-0.25, -0.2) is 12.8 Å². The van der Waals surface area contributed by atoms with E-state index in [-0.39, 0.29) is 0 Å². The Labute approximate surface area is 135 Å². The number of rotatable bonds is 10. The number of carbonyl (C=O) groups excluding carboxylic acids is 1. The molecule has 0 radical (unpaired) electrons. The van der Waals surface area contributed by atoms with Gasteiger partial charge in [-0.05, 0) is 19.1 Å². The maximum absolute atomic E-state index is 13.5. The van der Waals surface area contributed by atoms with E-state index in [4.69, 9.17) is 4.74 Å². The van der Waals surface area contributed by atoms with Crippen LogP contribution in [0.2, 0.25) is 0 Å². The Bertz CT molecular complexity index is 610. The highest BCUT2D eigenvalue weighted by atomic mass is 32.2. The van der Waals surface area contributed by atoms with E-state index in [9.17, 15) is 17.6 Å². The molecule has 0 aliphatic rings. The number of halogens is 1. The second-order valence-electron chi connectivity index (χ2n) is 4.81. The minimum absolute atomic E-state index is 0.342. The number of carbonyl (C=O) groups is 1. The summed E-state index contributed by atoms with van der Waals surface area (Å²) in [6.45, 7) is 3.48. The van der Waals surface area contributed by atoms with Crippen LogP contribution in [0.4, 0.5) is 4.39 Å². The highest BCUT2D eigenvalue weighted by Gasteiger charge is 2.24. The maximum atomic E-state index is 13.5. The SMILES string of the molecule is COCCNCCNC(=O)C(C)NS(=O)(=O)c1ccccc1F. The van der Waals surface area contributed by atoms with Gasteiger partial charge in [0.05, 0.1) is 12.6 Å². The molecule has 130 valence electrons. The van der Waals surface area contributed by atoms with Crippen molar-refractivity contribution < 1.29 is 22.3 Å². The lowest BCUT2D eigenvalue weighted by molar-refractivity contribution is -0.122. The van der Waals surface area contributed by atoms with E-state index in [2.05, 4.69) is 15.4 Å². The molecule has 9 heteroatoms. The van der Waals surface area contributed by atoms with Crippen LogP contribution in [-0.2, 0) is 19.6 Å². The van der Waals surface area contributed by atoms with Gasteiger partial charge in [-0.2, -0.15) is 4.72 Å². The van der Waals surface area contributed by atoms with E-state index >= 15 is 0 Å². The Balaban J connectivity index is 2.47. The summed E-state index contributed by atoms with van der Waals surface area (Å²) in [5.74, 6) is -1.35. The van der Waals surface area contributed by atoms with Crippen molar-refractivity contribution in [2.24, 2.45) is 0 Å². The van der Waals surface area contributed by atoms with Gasteiger partial charge in [0.1, 0.15) is 10.7 Å². The zero-order chi connectivity index (χ0) is 17.3. The lowest BCUT2D eigenvalue weighted by atomic mass is 10.3. The summed E-state index contributed by atoms with van der Waals surface area (Å²) in [5.41, 5.74) is 0. The molecule has 0 aliphatic heterocycles. The second-order valence-corrected chi connectivity index (χ2v) is 6.49. The molecule has 1 atom stereocenters. The van der Waals surface area contributed by atoms with E-state index in [1.807, 2.05) is 0 Å². The first-order valence-corrected chi connectivity index (χ1v) is 8.61. The fraction of sp³-hybridized carbons (Fsp3) is 0.500. The van der Waals surface area contributed by atoms with Crippen LogP contribution in [0.3, 0.4) is 0 Å². The van der Waals surface area contributed by atoms with Crippen molar-refractivity contribution in [2.45, 2.75) is 17.9 Å². The van der Waals surface area contributed by atoms with E-state index < -0.39 is 32.7 Å². The Morgan fingerprint density at radius 3 is 2.61 bits per heavy atom. The zero-order valence-corrected chi connectivity index (χ0v) is 14.0. The summed E-state index contributed by atoms with van der Waals surface area (Å²) in [7, 11) is -2.51. The fourth-order valence-corrected chi connectivity index (χ4v) is 3.02. The molecule has 0 saturated carbocycles. The molecule has 1 unspecified atom stereocenters. The predicted molar refractivity (Wildman–Crippen MR) is 83.9 cm³/mol. The van der Waals surface area contributed by atoms with Gasteiger partial charge in [0.25, 0.3) is 0 Å². The third-order valence-electron chi connectivity index (χ3n) is 2.94. The average molecular weight is 347 g/mol. The molecule has 1 aromatic carbocycles. The summed E-state index contributed by atoms with van der Waals surface area (Å²) < 4.78 is 44.7. The first-order chi connectivity index (χ1) is 10.9. The molecule has 1 amide bonds. The third-order valence-corrected chi connectivity index (χ3v) is 4.51. The predicted octanol–water partition coefficient (Wildman–Crippen LogP) is -0.155. The first kappa shape index (κ1) is 19.5. The van der Waals surface area contributed by atoms with Gasteiger partial charge in [0.15, 0.2) is 0 Å². The Morgan fingerprint density at radius 1 is 1.26 bits per heavy atom. The molecule has 0 aliphatic carbocycles. The third kappa shape index (κ3) is 6.61. The van der Waals surface area contributed by atoms with Crippen LogP contribution in [0.25, 0.3) is 0 Å². The van der Waals surface area contributed by atoms with E-state index in [1.54, 1.807) is 7.11 Å². The van der Waals surface area contributed by atoms with Crippen molar-refractivity contribution in [3.8, 4) is 0 Å². The fourth-order valence-electron chi connectivity index (χ4n) is 1.74. The van der Waals surface area contributed by atoms with Gasteiger partial charge < -0.3 is 15.4 Å². The van der Waals surface area contributed by atoms with Crippen LogP contribution in [0.15, 0.2) is 29.2 Å². The first-order valence-electron chi connectivity index (χ1n) is 7.12. The van der Waals surface area contributed by atoms with Gasteiger partial charge in [-0.1, -0.05) is 12.1 Å². The number of nitrogens with one attached hydrogen (secondary N) is 3. The molecule has 0 aromatic heterocycles. The Morgan fingerprint density at radius 2 is 1.96 bits per heavy atom. The minimum Gasteiger partial charge on any atom is -0.383 e. The van der Waals surface area contributed by atoms with E-state index in [0.29, 0.717) is 26.2 Å². The number of methoxy groups -OCH3 is 1. The van der Waals surface area contributed by atoms with Crippen molar-refractivity contribution in [3.63, 3.8) is 0 Å². The highest BCUT2D eigenvalue weighted by Crippen LogP contribution is 2.13. The summed E-state index contributed by atoms with van der Waals surface area (Å²) in [4.78, 5) is 11.4. The monoisotopic (exact) mass is 347 g/mol. The molecule has 23 heavy (non-hydrogen) atoms. The van der Waals surface area contributed by atoms with Crippen molar-refractivity contribution in [2.75, 3.05) is 33.4 Å². The van der Waals surface area contributed by atoms with Gasteiger partial charge in [0, 0.05) is 26.7 Å². The molecule has 0 spiro atoms. The highest BCUT2D eigenvalue weighted by molar-refractivity contribution is 7.89. The van der Waals surface area contributed by atoms with Gasteiger partial charge in [0.2, 0.25) is 15.9 Å². The number of sulfonamides is 1. The summed E-state index contributed by atoms with van der Waals surface area (Å²) in [5, 5.41) is 5.62. The number of hydrogen-bond acceptors (Lipinski definition) is 5. The Kier molecular flexibility index (Phi) is 8.10. The van der Waals surface area contributed by atoms with E-state index in [0.717, 1.165) is 12.1 Å². The minimum atomic E-state index is -4.10. The summed E-state index contributed by atoms with van der Waals surface area (Å²) in [6.07, 6.45) is 0. The topological polar surface area (TPSA) is 96.5 Å². The number of benzene rings is 1. The molecule has 0 heterocycles.